The van der Waals surface area contributed by atoms with Gasteiger partial charge in [0.2, 0.25) is 0 Å². The Hall–Kier alpha value is -1.30. The molecule has 6 nitrogen and oxygen atoms in total. The summed E-state index contributed by atoms with van der Waals surface area (Å²) in [6.07, 6.45) is 2.50. The number of hydrogen-bond acceptors (Lipinski definition) is 4. The highest BCUT2D eigenvalue weighted by Gasteiger charge is 2.52. The summed E-state index contributed by atoms with van der Waals surface area (Å²) in [6.45, 7) is 6.50. The minimum atomic E-state index is -0.892. The van der Waals surface area contributed by atoms with Crippen LogP contribution in [-0.4, -0.2) is 53.5 Å². The molecule has 6 heteroatoms. The molecule has 1 saturated heterocycles. The summed E-state index contributed by atoms with van der Waals surface area (Å²) in [5, 5.41) is 9.71. The third-order valence-electron chi connectivity index (χ3n) is 4.32. The van der Waals surface area contributed by atoms with Crippen molar-refractivity contribution in [2.75, 3.05) is 19.8 Å². The molecule has 1 heterocycles. The fourth-order valence-corrected chi connectivity index (χ4v) is 3.30. The van der Waals surface area contributed by atoms with Crippen molar-refractivity contribution < 1.29 is 24.2 Å². The number of nitrogens with zero attached hydrogens (tertiary/aromatic N) is 1. The van der Waals surface area contributed by atoms with Gasteiger partial charge in [-0.3, -0.25) is 9.69 Å². The molecular formula is C15H25NO5. The summed E-state index contributed by atoms with van der Waals surface area (Å²) < 4.78 is 10.9. The summed E-state index contributed by atoms with van der Waals surface area (Å²) in [7, 11) is 0. The van der Waals surface area contributed by atoms with Crippen LogP contribution in [0.1, 0.15) is 46.5 Å². The van der Waals surface area contributed by atoms with Crippen molar-refractivity contribution in [1.82, 2.24) is 4.90 Å². The number of morpholine rings is 1. The maximum absolute atomic E-state index is 12.4. The van der Waals surface area contributed by atoms with Gasteiger partial charge in [-0.15, -0.1) is 0 Å². The predicted octanol–water partition coefficient (Wildman–Crippen LogP) is 2.27. The average molecular weight is 299 g/mol. The Morgan fingerprint density at radius 2 is 1.90 bits per heavy atom. The average Bonchev–Trinajstić information content (AvgIpc) is 2.87. The van der Waals surface area contributed by atoms with Gasteiger partial charge < -0.3 is 14.6 Å². The first-order valence-electron chi connectivity index (χ1n) is 7.57. The number of hydrogen-bond donors (Lipinski definition) is 1. The van der Waals surface area contributed by atoms with Crippen LogP contribution in [0, 0.1) is 5.41 Å². The standard InChI is InChI=1S/C15H25NO5/c1-14(2,3)21-13(19)16-8-9-20-10-11(16)15(12(17)18)6-4-5-7-15/h11H,4-10H2,1-3H3,(H,17,18). The van der Waals surface area contributed by atoms with E-state index in [9.17, 15) is 14.7 Å². The molecule has 0 spiro atoms. The minimum Gasteiger partial charge on any atom is -0.481 e. The van der Waals surface area contributed by atoms with Crippen LogP contribution in [0.4, 0.5) is 4.79 Å². The monoisotopic (exact) mass is 299 g/mol. The third kappa shape index (κ3) is 3.31. The Labute approximate surface area is 125 Å². The van der Waals surface area contributed by atoms with E-state index < -0.39 is 29.1 Å². The van der Waals surface area contributed by atoms with Crippen LogP contribution in [0.25, 0.3) is 0 Å². The van der Waals surface area contributed by atoms with Gasteiger partial charge in [0, 0.05) is 6.54 Å². The van der Waals surface area contributed by atoms with Crippen LogP contribution >= 0.6 is 0 Å². The van der Waals surface area contributed by atoms with E-state index in [2.05, 4.69) is 0 Å². The summed E-state index contributed by atoms with van der Waals surface area (Å²) in [5.41, 5.74) is -1.48. The van der Waals surface area contributed by atoms with Gasteiger partial charge >= 0.3 is 12.1 Å². The molecule has 1 unspecified atom stereocenters. The lowest BCUT2D eigenvalue weighted by Gasteiger charge is -2.44. The first kappa shape index (κ1) is 16.1. The maximum atomic E-state index is 12.4. The Bertz CT molecular complexity index is 409. The van der Waals surface area contributed by atoms with E-state index in [1.54, 1.807) is 4.90 Å². The van der Waals surface area contributed by atoms with Gasteiger partial charge in [0.1, 0.15) is 5.60 Å². The van der Waals surface area contributed by atoms with Gasteiger partial charge in [-0.25, -0.2) is 4.79 Å². The van der Waals surface area contributed by atoms with Crippen molar-refractivity contribution in [1.29, 1.82) is 0 Å². The molecule has 0 radical (unpaired) electrons. The van der Waals surface area contributed by atoms with Gasteiger partial charge in [-0.1, -0.05) is 12.8 Å². The second kappa shape index (κ2) is 5.83. The molecule has 2 fully saturated rings. The highest BCUT2D eigenvalue weighted by Crippen LogP contribution is 2.44. The van der Waals surface area contributed by atoms with E-state index in [1.165, 1.54) is 0 Å². The summed E-state index contributed by atoms with van der Waals surface area (Å²) in [6, 6.07) is -0.443. The quantitative estimate of drug-likeness (QED) is 0.846. The fourth-order valence-electron chi connectivity index (χ4n) is 3.30. The van der Waals surface area contributed by atoms with Crippen LogP contribution in [-0.2, 0) is 14.3 Å². The molecule has 2 rings (SSSR count). The molecule has 1 aliphatic carbocycles. The largest absolute Gasteiger partial charge is 0.481 e. The molecule has 0 aromatic carbocycles. The van der Waals surface area contributed by atoms with Crippen LogP contribution in [0.15, 0.2) is 0 Å². The van der Waals surface area contributed by atoms with Gasteiger partial charge in [0.15, 0.2) is 0 Å². The van der Waals surface area contributed by atoms with E-state index in [0.717, 1.165) is 12.8 Å². The first-order valence-corrected chi connectivity index (χ1v) is 7.57. The number of ether oxygens (including phenoxy) is 2. The second-order valence-electron chi connectivity index (χ2n) is 6.93. The zero-order valence-corrected chi connectivity index (χ0v) is 13.1. The van der Waals surface area contributed by atoms with Crippen molar-refractivity contribution in [2.45, 2.75) is 58.1 Å². The lowest BCUT2D eigenvalue weighted by atomic mass is 9.77. The van der Waals surface area contributed by atoms with Crippen molar-refractivity contribution in [3.63, 3.8) is 0 Å². The van der Waals surface area contributed by atoms with Gasteiger partial charge in [0.25, 0.3) is 0 Å². The van der Waals surface area contributed by atoms with Crippen molar-refractivity contribution in [2.24, 2.45) is 5.41 Å². The zero-order valence-electron chi connectivity index (χ0n) is 13.1. The number of carbonyl (C=O) groups is 2. The van der Waals surface area contributed by atoms with Crippen LogP contribution in [0.5, 0.6) is 0 Å². The molecular weight excluding hydrogens is 274 g/mol. The third-order valence-corrected chi connectivity index (χ3v) is 4.32. The molecule has 1 N–H and O–H groups in total. The van der Waals surface area contributed by atoms with Crippen molar-refractivity contribution in [3.8, 4) is 0 Å². The Morgan fingerprint density at radius 3 is 2.43 bits per heavy atom. The highest BCUT2D eigenvalue weighted by atomic mass is 16.6. The number of amides is 1. The zero-order chi connectivity index (χ0) is 15.7. The summed E-state index contributed by atoms with van der Waals surface area (Å²) >= 11 is 0. The molecule has 0 aromatic rings. The lowest BCUT2D eigenvalue weighted by Crippen LogP contribution is -2.59. The minimum absolute atomic E-state index is 0.269. The van der Waals surface area contributed by atoms with Gasteiger partial charge in [-0.05, 0) is 33.6 Å². The Morgan fingerprint density at radius 1 is 1.29 bits per heavy atom. The molecule has 21 heavy (non-hydrogen) atoms. The van der Waals surface area contributed by atoms with Gasteiger partial charge in [0.05, 0.1) is 24.7 Å². The van der Waals surface area contributed by atoms with E-state index in [0.29, 0.717) is 26.0 Å². The molecule has 0 aromatic heterocycles. The fraction of sp³-hybridized carbons (Fsp3) is 0.867. The van der Waals surface area contributed by atoms with Crippen molar-refractivity contribution >= 4 is 12.1 Å². The van der Waals surface area contributed by atoms with Gasteiger partial charge in [-0.2, -0.15) is 0 Å². The Balaban J connectivity index is 2.22. The van der Waals surface area contributed by atoms with E-state index in [4.69, 9.17) is 9.47 Å². The lowest BCUT2D eigenvalue weighted by molar-refractivity contribution is -0.158. The number of rotatable bonds is 2. The van der Waals surface area contributed by atoms with E-state index >= 15 is 0 Å². The molecule has 1 atom stereocenters. The second-order valence-corrected chi connectivity index (χ2v) is 6.93. The first-order chi connectivity index (χ1) is 9.76. The maximum Gasteiger partial charge on any atom is 0.410 e. The molecule has 1 amide bonds. The highest BCUT2D eigenvalue weighted by molar-refractivity contribution is 5.78. The number of carboxylic acids is 1. The molecule has 1 aliphatic heterocycles. The molecule has 2 aliphatic rings. The SMILES string of the molecule is CC(C)(C)OC(=O)N1CCOCC1C1(C(=O)O)CCCC1. The van der Waals surface area contributed by atoms with E-state index in [-0.39, 0.29) is 6.61 Å². The number of carboxylic acid groups (broad SMARTS) is 1. The predicted molar refractivity (Wildman–Crippen MR) is 76.1 cm³/mol. The summed E-state index contributed by atoms with van der Waals surface area (Å²) in [5.74, 6) is -0.830. The van der Waals surface area contributed by atoms with Crippen LogP contribution < -0.4 is 0 Å². The number of aliphatic carboxylic acids is 1. The number of carbonyl (C=O) groups excluding carboxylic acids is 1. The van der Waals surface area contributed by atoms with E-state index in [1.807, 2.05) is 20.8 Å². The summed E-state index contributed by atoms with van der Waals surface area (Å²) in [4.78, 5) is 25.8. The molecule has 0 bridgehead atoms. The van der Waals surface area contributed by atoms with Crippen molar-refractivity contribution in [3.05, 3.63) is 0 Å². The van der Waals surface area contributed by atoms with Crippen LogP contribution in [0.2, 0.25) is 0 Å². The molecule has 120 valence electrons. The Kier molecular flexibility index (Phi) is 4.46. The normalized spacial score (nSPS) is 25.7. The topological polar surface area (TPSA) is 76.1 Å². The molecule has 1 saturated carbocycles. The van der Waals surface area contributed by atoms with Crippen LogP contribution in [0.3, 0.4) is 0 Å². The smallest absolute Gasteiger partial charge is 0.410 e.